The molecule has 130 valence electrons. The van der Waals surface area contributed by atoms with E-state index in [1.54, 1.807) is 18.2 Å². The number of sulfonamides is 1. The van der Waals surface area contributed by atoms with Gasteiger partial charge in [-0.25, -0.2) is 8.42 Å². The number of carbonyl (C=O) groups is 1. The molecule has 0 unspecified atom stereocenters. The van der Waals surface area contributed by atoms with Gasteiger partial charge in [0, 0.05) is 11.3 Å². The predicted molar refractivity (Wildman–Crippen MR) is 97.5 cm³/mol. The summed E-state index contributed by atoms with van der Waals surface area (Å²) < 4.78 is 26.4. The fraction of sp³-hybridized carbons (Fsp3) is 0.222. The van der Waals surface area contributed by atoms with Crippen LogP contribution in [-0.2, 0) is 14.8 Å². The van der Waals surface area contributed by atoms with Crippen molar-refractivity contribution in [3.63, 3.8) is 0 Å². The number of anilines is 1. The molecule has 0 fully saturated rings. The maximum atomic E-state index is 12.2. The van der Waals surface area contributed by atoms with Crippen LogP contribution in [0, 0.1) is 20.8 Å². The Balaban J connectivity index is 1.79. The summed E-state index contributed by atoms with van der Waals surface area (Å²) in [6.45, 7) is 5.70. The van der Waals surface area contributed by atoms with Crippen LogP contribution in [0.1, 0.15) is 22.3 Å². The summed E-state index contributed by atoms with van der Waals surface area (Å²) in [5.74, 6) is -0.103. The molecule has 7 heteroatoms. The van der Waals surface area contributed by atoms with Crippen molar-refractivity contribution in [1.29, 1.82) is 0 Å². The van der Waals surface area contributed by atoms with Crippen molar-refractivity contribution >= 4 is 27.5 Å². The maximum Gasteiger partial charge on any atom is 0.263 e. The zero-order valence-corrected chi connectivity index (χ0v) is 15.1. The Morgan fingerprint density at radius 1 is 1.12 bits per heavy atom. The SMILES string of the molecule is Cc1cc(C)c(NC(=O)CN=C2NS(=O)(=O)c3ccccc32)c(C)c1. The Hall–Kier alpha value is -2.67. The van der Waals surface area contributed by atoms with E-state index in [9.17, 15) is 13.2 Å². The first-order chi connectivity index (χ1) is 11.8. The molecule has 6 nitrogen and oxygen atoms in total. The van der Waals surface area contributed by atoms with Gasteiger partial charge in [-0.1, -0.05) is 29.8 Å². The summed E-state index contributed by atoms with van der Waals surface area (Å²) in [5, 5.41) is 2.85. The number of amides is 1. The largest absolute Gasteiger partial charge is 0.324 e. The minimum Gasteiger partial charge on any atom is -0.324 e. The van der Waals surface area contributed by atoms with Gasteiger partial charge >= 0.3 is 0 Å². The third kappa shape index (κ3) is 3.41. The molecule has 25 heavy (non-hydrogen) atoms. The Bertz CT molecular complexity index is 971. The molecule has 1 heterocycles. The summed E-state index contributed by atoms with van der Waals surface area (Å²) in [7, 11) is -3.59. The van der Waals surface area contributed by atoms with Gasteiger partial charge in [-0.15, -0.1) is 0 Å². The molecule has 2 aromatic carbocycles. The molecule has 0 bridgehead atoms. The van der Waals surface area contributed by atoms with E-state index in [0.29, 0.717) is 5.56 Å². The molecule has 0 aromatic heterocycles. The van der Waals surface area contributed by atoms with Crippen LogP contribution in [0.25, 0.3) is 0 Å². The quantitative estimate of drug-likeness (QED) is 0.883. The van der Waals surface area contributed by atoms with E-state index in [1.807, 2.05) is 32.9 Å². The number of carbonyl (C=O) groups excluding carboxylic acids is 1. The smallest absolute Gasteiger partial charge is 0.263 e. The summed E-state index contributed by atoms with van der Waals surface area (Å²) in [4.78, 5) is 16.6. The lowest BCUT2D eigenvalue weighted by Crippen LogP contribution is -2.24. The van der Waals surface area contributed by atoms with E-state index in [1.165, 1.54) is 6.07 Å². The molecule has 3 rings (SSSR count). The Morgan fingerprint density at radius 3 is 2.44 bits per heavy atom. The second kappa shape index (κ2) is 6.33. The molecular formula is C18H19N3O3S. The number of aliphatic imine (C=N–C) groups is 1. The van der Waals surface area contributed by atoms with E-state index in [0.717, 1.165) is 22.4 Å². The number of amidine groups is 1. The standard InChI is InChI=1S/C18H19N3O3S/c1-11-8-12(2)17(13(3)9-11)20-16(22)10-19-18-14-6-4-5-7-15(14)25(23,24)21-18/h4-9H,10H2,1-3H3,(H,19,21)(H,20,22). The monoisotopic (exact) mass is 357 g/mol. The van der Waals surface area contributed by atoms with Gasteiger partial charge < -0.3 is 5.32 Å². The van der Waals surface area contributed by atoms with E-state index in [2.05, 4.69) is 15.0 Å². The van der Waals surface area contributed by atoms with Gasteiger partial charge in [-0.05, 0) is 44.0 Å². The molecule has 0 saturated heterocycles. The second-order valence-electron chi connectivity index (χ2n) is 6.09. The number of nitrogens with one attached hydrogen (secondary N) is 2. The van der Waals surface area contributed by atoms with Crippen LogP contribution >= 0.6 is 0 Å². The number of rotatable bonds is 3. The van der Waals surface area contributed by atoms with Crippen molar-refractivity contribution in [2.75, 3.05) is 11.9 Å². The molecule has 1 aliphatic heterocycles. The van der Waals surface area contributed by atoms with E-state index in [4.69, 9.17) is 0 Å². The van der Waals surface area contributed by atoms with Crippen LogP contribution < -0.4 is 10.0 Å². The lowest BCUT2D eigenvalue weighted by atomic mass is 10.1. The minimum absolute atomic E-state index is 0.168. The highest BCUT2D eigenvalue weighted by molar-refractivity contribution is 7.90. The number of nitrogens with zero attached hydrogens (tertiary/aromatic N) is 1. The molecule has 0 aliphatic carbocycles. The molecule has 2 N–H and O–H groups in total. The molecule has 1 aliphatic rings. The topological polar surface area (TPSA) is 87.6 Å². The first kappa shape index (κ1) is 17.2. The number of benzene rings is 2. The third-order valence-corrected chi connectivity index (χ3v) is 5.38. The lowest BCUT2D eigenvalue weighted by Gasteiger charge is -2.12. The normalized spacial score (nSPS) is 16.4. The van der Waals surface area contributed by atoms with Crippen LogP contribution in [0.2, 0.25) is 0 Å². The number of aryl methyl sites for hydroxylation is 3. The zero-order chi connectivity index (χ0) is 18.2. The van der Waals surface area contributed by atoms with Crippen molar-refractivity contribution in [1.82, 2.24) is 4.72 Å². The van der Waals surface area contributed by atoms with Gasteiger partial charge in [0.1, 0.15) is 12.4 Å². The van der Waals surface area contributed by atoms with Gasteiger partial charge in [-0.2, -0.15) is 0 Å². The van der Waals surface area contributed by atoms with Crippen molar-refractivity contribution in [3.05, 3.63) is 58.7 Å². The highest BCUT2D eigenvalue weighted by Gasteiger charge is 2.30. The predicted octanol–water partition coefficient (Wildman–Crippen LogP) is 2.29. The molecule has 0 atom stereocenters. The van der Waals surface area contributed by atoms with Crippen molar-refractivity contribution < 1.29 is 13.2 Å². The van der Waals surface area contributed by atoms with Crippen molar-refractivity contribution in [3.8, 4) is 0 Å². The first-order valence-electron chi connectivity index (χ1n) is 7.82. The average Bonchev–Trinajstić information content (AvgIpc) is 2.80. The van der Waals surface area contributed by atoms with Crippen molar-refractivity contribution in [2.45, 2.75) is 25.7 Å². The first-order valence-corrected chi connectivity index (χ1v) is 9.30. The van der Waals surface area contributed by atoms with Crippen LogP contribution in [0.4, 0.5) is 5.69 Å². The molecule has 0 spiro atoms. The minimum atomic E-state index is -3.59. The summed E-state index contributed by atoms with van der Waals surface area (Å²) in [6, 6.07) is 10.6. The zero-order valence-electron chi connectivity index (χ0n) is 14.3. The Kier molecular flexibility index (Phi) is 4.34. The van der Waals surface area contributed by atoms with E-state index in [-0.39, 0.29) is 23.2 Å². The third-order valence-electron chi connectivity index (χ3n) is 3.98. The van der Waals surface area contributed by atoms with Gasteiger partial charge in [0.05, 0.1) is 4.90 Å². The van der Waals surface area contributed by atoms with Crippen LogP contribution in [0.15, 0.2) is 46.3 Å². The fourth-order valence-electron chi connectivity index (χ4n) is 2.96. The van der Waals surface area contributed by atoms with Gasteiger partial charge in [0.25, 0.3) is 10.0 Å². The number of hydrogen-bond donors (Lipinski definition) is 2. The van der Waals surface area contributed by atoms with Crippen LogP contribution in [-0.4, -0.2) is 26.7 Å². The molecule has 1 amide bonds. The number of hydrogen-bond acceptors (Lipinski definition) is 4. The fourth-order valence-corrected chi connectivity index (χ4v) is 4.21. The summed E-state index contributed by atoms with van der Waals surface area (Å²) in [5.41, 5.74) is 4.34. The average molecular weight is 357 g/mol. The van der Waals surface area contributed by atoms with Gasteiger partial charge in [0.15, 0.2) is 0 Å². The lowest BCUT2D eigenvalue weighted by molar-refractivity contribution is -0.114. The van der Waals surface area contributed by atoms with Gasteiger partial charge in [0.2, 0.25) is 5.91 Å². The Morgan fingerprint density at radius 2 is 1.76 bits per heavy atom. The van der Waals surface area contributed by atoms with E-state index < -0.39 is 10.0 Å². The number of fused-ring (bicyclic) bond motifs is 1. The Labute approximate surface area is 147 Å². The van der Waals surface area contributed by atoms with Crippen molar-refractivity contribution in [2.24, 2.45) is 4.99 Å². The summed E-state index contributed by atoms with van der Waals surface area (Å²) in [6.07, 6.45) is 0. The van der Waals surface area contributed by atoms with Gasteiger partial charge in [-0.3, -0.25) is 14.5 Å². The van der Waals surface area contributed by atoms with Crippen LogP contribution in [0.5, 0.6) is 0 Å². The highest BCUT2D eigenvalue weighted by atomic mass is 32.2. The molecule has 0 radical (unpaired) electrons. The summed E-state index contributed by atoms with van der Waals surface area (Å²) >= 11 is 0. The second-order valence-corrected chi connectivity index (χ2v) is 7.74. The molecule has 2 aromatic rings. The van der Waals surface area contributed by atoms with E-state index >= 15 is 0 Å². The molecule has 0 saturated carbocycles. The highest BCUT2D eigenvalue weighted by Crippen LogP contribution is 2.23. The maximum absolute atomic E-state index is 12.2. The van der Waals surface area contributed by atoms with Crippen LogP contribution in [0.3, 0.4) is 0 Å². The molecular weight excluding hydrogens is 338 g/mol.